The maximum Gasteiger partial charge on any atom is 0.404 e. The van der Waals surface area contributed by atoms with Crippen LogP contribution in [0.1, 0.15) is 36.9 Å². The molecule has 3 heterocycles. The van der Waals surface area contributed by atoms with Crippen LogP contribution in [0.5, 0.6) is 0 Å². The average molecular weight is 499 g/mol. The molecule has 1 aliphatic rings. The Kier molecular flexibility index (Phi) is 5.58. The quantitative estimate of drug-likeness (QED) is 0.266. The van der Waals surface area contributed by atoms with Gasteiger partial charge in [-0.2, -0.15) is 11.3 Å². The van der Waals surface area contributed by atoms with Crippen LogP contribution >= 0.6 is 27.3 Å². The molecule has 31 heavy (non-hydrogen) atoms. The summed E-state index contributed by atoms with van der Waals surface area (Å²) in [6.07, 6.45) is 3.35. The molecule has 0 radical (unpaired) electrons. The van der Waals surface area contributed by atoms with E-state index in [2.05, 4.69) is 72.6 Å². The summed E-state index contributed by atoms with van der Waals surface area (Å²) in [5, 5.41) is 21.8. The van der Waals surface area contributed by atoms with Gasteiger partial charge in [0.15, 0.2) is 0 Å². The van der Waals surface area contributed by atoms with Gasteiger partial charge in [0.05, 0.1) is 5.52 Å². The predicted molar refractivity (Wildman–Crippen MR) is 129 cm³/mol. The summed E-state index contributed by atoms with van der Waals surface area (Å²) in [4.78, 5) is 19.5. The normalized spacial score (nSPS) is 19.0. The van der Waals surface area contributed by atoms with Gasteiger partial charge >= 0.3 is 6.09 Å². The van der Waals surface area contributed by atoms with Crippen LogP contribution in [0, 0.1) is 0 Å². The highest BCUT2D eigenvalue weighted by Crippen LogP contribution is 2.34. The van der Waals surface area contributed by atoms with Crippen LogP contribution in [-0.2, 0) is 6.42 Å². The zero-order valence-electron chi connectivity index (χ0n) is 16.8. The van der Waals surface area contributed by atoms with E-state index in [0.29, 0.717) is 0 Å². The zero-order valence-corrected chi connectivity index (χ0v) is 19.2. The van der Waals surface area contributed by atoms with Crippen LogP contribution in [0.3, 0.4) is 0 Å². The third kappa shape index (κ3) is 4.41. The molecule has 8 heteroatoms. The second-order valence-electron chi connectivity index (χ2n) is 8.15. The van der Waals surface area contributed by atoms with E-state index in [-0.39, 0.29) is 12.1 Å². The molecule has 1 amide bonds. The molecule has 1 fully saturated rings. The van der Waals surface area contributed by atoms with Crippen molar-refractivity contribution in [2.45, 2.75) is 44.2 Å². The number of halogens is 1. The van der Waals surface area contributed by atoms with Gasteiger partial charge in [0.1, 0.15) is 5.82 Å². The molecule has 0 saturated heterocycles. The minimum absolute atomic E-state index is 0.0406. The number of amides is 1. The maximum absolute atomic E-state index is 10.9. The number of hydrogen-bond acceptors (Lipinski definition) is 4. The van der Waals surface area contributed by atoms with E-state index in [1.54, 1.807) is 11.3 Å². The molecule has 6 nitrogen and oxygen atoms in total. The lowest BCUT2D eigenvalue weighted by Gasteiger charge is -2.29. The van der Waals surface area contributed by atoms with Gasteiger partial charge in [-0.25, -0.2) is 9.78 Å². The summed E-state index contributed by atoms with van der Waals surface area (Å²) < 4.78 is 1.04. The second-order valence-corrected chi connectivity index (χ2v) is 9.85. The molecule has 160 valence electrons. The first-order valence-corrected chi connectivity index (χ1v) is 12.2. The first-order valence-electron chi connectivity index (χ1n) is 10.4. The Hall–Kier alpha value is -2.58. The smallest absolute Gasteiger partial charge is 0.404 e. The molecule has 4 aromatic rings. The minimum Gasteiger partial charge on any atom is -0.465 e. The maximum atomic E-state index is 10.9. The average Bonchev–Trinajstić information content (AvgIpc) is 3.36. The van der Waals surface area contributed by atoms with Gasteiger partial charge in [0.2, 0.25) is 0 Å². The van der Waals surface area contributed by atoms with Crippen LogP contribution in [0.25, 0.3) is 21.8 Å². The molecule has 0 atom stereocenters. The van der Waals surface area contributed by atoms with E-state index in [0.717, 1.165) is 69.9 Å². The number of thiophene rings is 1. The number of aromatic amines is 1. The lowest BCUT2D eigenvalue weighted by atomic mass is 9.91. The number of fused-ring (bicyclic) bond motifs is 3. The summed E-state index contributed by atoms with van der Waals surface area (Å²) in [5.74, 6) is 0.908. The molecular formula is C23H23BrN4O2S. The van der Waals surface area contributed by atoms with Crippen LogP contribution in [0.2, 0.25) is 0 Å². The first kappa shape index (κ1) is 20.3. The van der Waals surface area contributed by atoms with Crippen molar-refractivity contribution < 1.29 is 9.90 Å². The van der Waals surface area contributed by atoms with Crippen LogP contribution in [-0.4, -0.2) is 33.3 Å². The lowest BCUT2D eigenvalue weighted by molar-refractivity contribution is 0.185. The van der Waals surface area contributed by atoms with Crippen molar-refractivity contribution in [1.29, 1.82) is 0 Å². The molecule has 4 N–H and O–H groups in total. The summed E-state index contributed by atoms with van der Waals surface area (Å²) in [6, 6.07) is 10.9. The van der Waals surface area contributed by atoms with Gasteiger partial charge in [0, 0.05) is 45.0 Å². The third-order valence-electron chi connectivity index (χ3n) is 5.95. The molecule has 0 spiro atoms. The molecule has 0 aliphatic heterocycles. The van der Waals surface area contributed by atoms with E-state index < -0.39 is 6.09 Å². The molecule has 1 aliphatic carbocycles. The summed E-state index contributed by atoms with van der Waals surface area (Å²) in [6.45, 7) is 0. The standard InChI is InChI=1S/C23H23BrN4O2S/c24-14-1-6-18-19(10-14)28-20-11-17(9-13-7-8-31-12-13)26-22(21(18)20)25-15-2-4-16(5-3-15)27-23(29)30/h1,6-8,10-12,15-16,27-28H,2-5,9H2,(H,25,26)(H,29,30)/t15-,16-. The predicted octanol–water partition coefficient (Wildman–Crippen LogP) is 6.12. The van der Waals surface area contributed by atoms with Crippen LogP contribution in [0.4, 0.5) is 10.6 Å². The Morgan fingerprint density at radius 3 is 2.71 bits per heavy atom. The highest BCUT2D eigenvalue weighted by molar-refractivity contribution is 9.10. The fourth-order valence-electron chi connectivity index (χ4n) is 4.50. The van der Waals surface area contributed by atoms with Crippen molar-refractivity contribution >= 4 is 61.0 Å². The highest BCUT2D eigenvalue weighted by atomic mass is 79.9. The third-order valence-corrected chi connectivity index (χ3v) is 7.18. The minimum atomic E-state index is -0.939. The van der Waals surface area contributed by atoms with E-state index in [9.17, 15) is 4.79 Å². The van der Waals surface area contributed by atoms with Gasteiger partial charge in [-0.3, -0.25) is 0 Å². The molecule has 3 aromatic heterocycles. The Morgan fingerprint density at radius 2 is 1.97 bits per heavy atom. The van der Waals surface area contributed by atoms with Crippen molar-refractivity contribution in [2.24, 2.45) is 0 Å². The Labute approximate surface area is 192 Å². The number of H-pyrrole nitrogens is 1. The monoisotopic (exact) mass is 498 g/mol. The Balaban J connectivity index is 1.48. The molecule has 1 aromatic carbocycles. The number of pyridine rings is 1. The number of hydrogen-bond donors (Lipinski definition) is 4. The number of nitrogens with one attached hydrogen (secondary N) is 3. The van der Waals surface area contributed by atoms with Crippen molar-refractivity contribution in [3.63, 3.8) is 0 Å². The highest BCUT2D eigenvalue weighted by Gasteiger charge is 2.24. The summed E-state index contributed by atoms with van der Waals surface area (Å²) in [7, 11) is 0. The van der Waals surface area contributed by atoms with Gasteiger partial charge in [-0.05, 0) is 66.3 Å². The van der Waals surface area contributed by atoms with Gasteiger partial charge < -0.3 is 20.7 Å². The largest absolute Gasteiger partial charge is 0.465 e. The lowest BCUT2D eigenvalue weighted by Crippen LogP contribution is -2.39. The van der Waals surface area contributed by atoms with E-state index in [1.165, 1.54) is 5.56 Å². The number of aromatic nitrogens is 2. The topological polar surface area (TPSA) is 90.0 Å². The summed E-state index contributed by atoms with van der Waals surface area (Å²) in [5.41, 5.74) is 4.45. The Morgan fingerprint density at radius 1 is 1.16 bits per heavy atom. The number of anilines is 1. The number of rotatable bonds is 5. The molecule has 0 unspecified atom stereocenters. The van der Waals surface area contributed by atoms with Gasteiger partial charge in [0.25, 0.3) is 0 Å². The molecule has 1 saturated carbocycles. The van der Waals surface area contributed by atoms with Crippen molar-refractivity contribution in [3.8, 4) is 0 Å². The number of carboxylic acid groups (broad SMARTS) is 1. The first-order chi connectivity index (χ1) is 15.0. The van der Waals surface area contributed by atoms with Crippen molar-refractivity contribution in [1.82, 2.24) is 15.3 Å². The SMILES string of the molecule is O=C(O)N[C@H]1CC[C@H](Nc2nc(Cc3ccsc3)cc3[nH]c4cc(Br)ccc4c23)CC1. The molecule has 0 bridgehead atoms. The van der Waals surface area contributed by atoms with Crippen molar-refractivity contribution in [2.75, 3.05) is 5.32 Å². The van der Waals surface area contributed by atoms with E-state index in [4.69, 9.17) is 10.1 Å². The number of carbonyl (C=O) groups is 1. The van der Waals surface area contributed by atoms with Gasteiger partial charge in [-0.15, -0.1) is 0 Å². The van der Waals surface area contributed by atoms with Gasteiger partial charge in [-0.1, -0.05) is 22.0 Å². The van der Waals surface area contributed by atoms with Crippen molar-refractivity contribution in [3.05, 3.63) is 56.8 Å². The summed E-state index contributed by atoms with van der Waals surface area (Å²) >= 11 is 5.27. The van der Waals surface area contributed by atoms with Crippen LogP contribution in [0.15, 0.2) is 45.6 Å². The number of benzene rings is 1. The van der Waals surface area contributed by atoms with E-state index >= 15 is 0 Å². The van der Waals surface area contributed by atoms with Crippen LogP contribution < -0.4 is 10.6 Å². The fraction of sp³-hybridized carbons (Fsp3) is 0.304. The fourth-order valence-corrected chi connectivity index (χ4v) is 5.53. The molecule has 5 rings (SSSR count). The van der Waals surface area contributed by atoms with E-state index in [1.807, 2.05) is 0 Å². The molecular weight excluding hydrogens is 476 g/mol. The number of nitrogens with zero attached hydrogens (tertiary/aromatic N) is 1. The Bertz CT molecular complexity index is 1230. The second kappa shape index (κ2) is 8.51. The zero-order chi connectivity index (χ0) is 21.4.